The molecule has 2 aromatic heterocycles. The molecule has 0 unspecified atom stereocenters. The van der Waals surface area contributed by atoms with Crippen LogP contribution in [0, 0.1) is 0 Å². The summed E-state index contributed by atoms with van der Waals surface area (Å²) in [7, 11) is 0. The average molecular weight is 295 g/mol. The summed E-state index contributed by atoms with van der Waals surface area (Å²) in [4.78, 5) is 11.6. The number of aryl methyl sites for hydroxylation is 1. The van der Waals surface area contributed by atoms with Crippen LogP contribution in [-0.2, 0) is 13.0 Å². The van der Waals surface area contributed by atoms with Crippen molar-refractivity contribution in [2.45, 2.75) is 33.2 Å². The van der Waals surface area contributed by atoms with Gasteiger partial charge in [-0.3, -0.25) is 0 Å². The van der Waals surface area contributed by atoms with E-state index in [2.05, 4.69) is 33.3 Å². The minimum atomic E-state index is 0.593. The van der Waals surface area contributed by atoms with Crippen molar-refractivity contribution in [2.24, 2.45) is 0 Å². The largest absolute Gasteiger partial charge is 0.311 e. The Hall–Kier alpha value is -1.13. The van der Waals surface area contributed by atoms with Crippen LogP contribution in [0.2, 0.25) is 0 Å². The van der Waals surface area contributed by atoms with Crippen molar-refractivity contribution in [1.82, 2.24) is 19.4 Å². The van der Waals surface area contributed by atoms with E-state index in [1.54, 1.807) is 0 Å². The van der Waals surface area contributed by atoms with Gasteiger partial charge in [-0.2, -0.15) is 0 Å². The second-order valence-corrected chi connectivity index (χ2v) is 5.28. The third-order valence-electron chi connectivity index (χ3n) is 3.53. The van der Waals surface area contributed by atoms with E-state index in [-0.39, 0.29) is 0 Å². The van der Waals surface area contributed by atoms with E-state index < -0.39 is 0 Å². The fourth-order valence-electron chi connectivity index (χ4n) is 2.50. The Morgan fingerprint density at radius 1 is 1.30 bits per heavy atom. The molecule has 0 aliphatic carbocycles. The van der Waals surface area contributed by atoms with Gasteiger partial charge < -0.3 is 9.47 Å². The molecule has 0 amide bonds. The van der Waals surface area contributed by atoms with Gasteiger partial charge in [0, 0.05) is 31.6 Å². The molecule has 0 atom stereocenters. The summed E-state index contributed by atoms with van der Waals surface area (Å²) in [5, 5.41) is 0. The standard InChI is InChI=1S/C15H23ClN4/c1-3-10-19(4-2)11-12-20-14(7-8-16)18-13-6-5-9-17-15(13)20/h5-6,9H,3-4,7-8,10-12H2,1-2H3. The second-order valence-electron chi connectivity index (χ2n) is 4.90. The Morgan fingerprint density at radius 2 is 2.15 bits per heavy atom. The maximum atomic E-state index is 5.89. The molecule has 0 spiro atoms. The van der Waals surface area contributed by atoms with E-state index in [0.29, 0.717) is 5.88 Å². The van der Waals surface area contributed by atoms with Crippen molar-refractivity contribution in [3.63, 3.8) is 0 Å². The lowest BCUT2D eigenvalue weighted by Crippen LogP contribution is -2.28. The maximum absolute atomic E-state index is 5.89. The fourth-order valence-corrected chi connectivity index (χ4v) is 2.67. The van der Waals surface area contributed by atoms with E-state index >= 15 is 0 Å². The van der Waals surface area contributed by atoms with Crippen LogP contribution in [0.25, 0.3) is 11.2 Å². The van der Waals surface area contributed by atoms with Crippen LogP contribution in [0.4, 0.5) is 0 Å². The number of nitrogens with zero attached hydrogens (tertiary/aromatic N) is 4. The molecule has 2 rings (SSSR count). The van der Waals surface area contributed by atoms with Crippen LogP contribution < -0.4 is 0 Å². The Morgan fingerprint density at radius 3 is 2.85 bits per heavy atom. The molecular weight excluding hydrogens is 272 g/mol. The Balaban J connectivity index is 2.20. The van der Waals surface area contributed by atoms with Crippen LogP contribution in [0.15, 0.2) is 18.3 Å². The zero-order valence-corrected chi connectivity index (χ0v) is 13.1. The zero-order valence-electron chi connectivity index (χ0n) is 12.3. The van der Waals surface area contributed by atoms with Crippen molar-refractivity contribution in [3.05, 3.63) is 24.2 Å². The van der Waals surface area contributed by atoms with Crippen LogP contribution in [0.1, 0.15) is 26.1 Å². The van der Waals surface area contributed by atoms with Crippen LogP contribution in [0.3, 0.4) is 0 Å². The zero-order chi connectivity index (χ0) is 14.4. The lowest BCUT2D eigenvalue weighted by molar-refractivity contribution is 0.276. The first-order chi connectivity index (χ1) is 9.80. The predicted molar refractivity (Wildman–Crippen MR) is 84.4 cm³/mol. The van der Waals surface area contributed by atoms with Gasteiger partial charge in [-0.1, -0.05) is 13.8 Å². The molecule has 0 aromatic carbocycles. The summed E-state index contributed by atoms with van der Waals surface area (Å²) in [5.41, 5.74) is 1.94. The molecule has 5 heteroatoms. The normalized spacial score (nSPS) is 11.6. The highest BCUT2D eigenvalue weighted by molar-refractivity contribution is 6.17. The van der Waals surface area contributed by atoms with Gasteiger partial charge in [0.25, 0.3) is 0 Å². The highest BCUT2D eigenvalue weighted by Gasteiger charge is 2.12. The summed E-state index contributed by atoms with van der Waals surface area (Å²) in [6, 6.07) is 3.94. The third kappa shape index (κ3) is 3.49. The number of alkyl halides is 1. The number of aromatic nitrogens is 3. The summed E-state index contributed by atoms with van der Waals surface area (Å²) < 4.78 is 2.22. The highest BCUT2D eigenvalue weighted by atomic mass is 35.5. The molecule has 0 bridgehead atoms. The third-order valence-corrected chi connectivity index (χ3v) is 3.72. The molecule has 0 N–H and O–H groups in total. The van der Waals surface area contributed by atoms with Gasteiger partial charge in [-0.05, 0) is 31.6 Å². The van der Waals surface area contributed by atoms with Gasteiger partial charge >= 0.3 is 0 Å². The number of rotatable bonds is 8. The van der Waals surface area contributed by atoms with Crippen LogP contribution >= 0.6 is 11.6 Å². The van der Waals surface area contributed by atoms with Gasteiger partial charge in [-0.15, -0.1) is 11.6 Å². The van der Waals surface area contributed by atoms with Crippen molar-refractivity contribution in [2.75, 3.05) is 25.5 Å². The quantitative estimate of drug-likeness (QED) is 0.702. The number of halogens is 1. The van der Waals surface area contributed by atoms with Gasteiger partial charge in [0.2, 0.25) is 0 Å². The molecule has 0 aliphatic rings. The summed E-state index contributed by atoms with van der Waals surface area (Å²) in [6.07, 6.45) is 3.80. The maximum Gasteiger partial charge on any atom is 0.160 e. The topological polar surface area (TPSA) is 34.0 Å². The van der Waals surface area contributed by atoms with Crippen molar-refractivity contribution >= 4 is 22.8 Å². The molecule has 20 heavy (non-hydrogen) atoms. The molecule has 0 radical (unpaired) electrons. The lowest BCUT2D eigenvalue weighted by Gasteiger charge is -2.20. The average Bonchev–Trinajstić information content (AvgIpc) is 2.81. The predicted octanol–water partition coefficient (Wildman–Crippen LogP) is 2.94. The van der Waals surface area contributed by atoms with E-state index in [1.165, 1.54) is 6.42 Å². The van der Waals surface area contributed by atoms with Crippen molar-refractivity contribution in [3.8, 4) is 0 Å². The minimum absolute atomic E-state index is 0.593. The number of likely N-dealkylation sites (N-methyl/N-ethyl adjacent to an activating group) is 1. The van der Waals surface area contributed by atoms with Gasteiger partial charge in [0.15, 0.2) is 5.65 Å². The first-order valence-electron chi connectivity index (χ1n) is 7.38. The van der Waals surface area contributed by atoms with E-state index in [4.69, 9.17) is 11.6 Å². The van der Waals surface area contributed by atoms with Crippen LogP contribution in [0.5, 0.6) is 0 Å². The van der Waals surface area contributed by atoms with E-state index in [9.17, 15) is 0 Å². The van der Waals surface area contributed by atoms with E-state index in [1.807, 2.05) is 18.3 Å². The van der Waals surface area contributed by atoms with E-state index in [0.717, 1.165) is 49.6 Å². The lowest BCUT2D eigenvalue weighted by atomic mass is 10.3. The molecule has 0 fully saturated rings. The van der Waals surface area contributed by atoms with Gasteiger partial charge in [-0.25, -0.2) is 9.97 Å². The molecule has 4 nitrogen and oxygen atoms in total. The number of hydrogen-bond acceptors (Lipinski definition) is 3. The number of imidazole rings is 1. The monoisotopic (exact) mass is 294 g/mol. The molecule has 0 saturated carbocycles. The first-order valence-corrected chi connectivity index (χ1v) is 7.92. The Labute approximate surface area is 125 Å². The number of hydrogen-bond donors (Lipinski definition) is 0. The molecular formula is C15H23ClN4. The van der Waals surface area contributed by atoms with Crippen molar-refractivity contribution < 1.29 is 0 Å². The number of fused-ring (bicyclic) bond motifs is 1. The molecule has 0 saturated heterocycles. The van der Waals surface area contributed by atoms with Crippen LogP contribution in [-0.4, -0.2) is 44.9 Å². The molecule has 0 aliphatic heterocycles. The number of pyridine rings is 1. The smallest absolute Gasteiger partial charge is 0.160 e. The minimum Gasteiger partial charge on any atom is -0.311 e. The Bertz CT molecular complexity index is 538. The molecule has 110 valence electrons. The second kappa shape index (κ2) is 7.60. The van der Waals surface area contributed by atoms with Crippen molar-refractivity contribution in [1.29, 1.82) is 0 Å². The molecule has 2 aromatic rings. The van der Waals surface area contributed by atoms with Gasteiger partial charge in [0.1, 0.15) is 11.3 Å². The molecule has 2 heterocycles. The SMILES string of the molecule is CCCN(CC)CCn1c(CCCl)nc2cccnc21. The Kier molecular flexibility index (Phi) is 5.80. The summed E-state index contributed by atoms with van der Waals surface area (Å²) in [6.45, 7) is 8.60. The summed E-state index contributed by atoms with van der Waals surface area (Å²) in [5.74, 6) is 1.64. The first kappa shape index (κ1) is 15.3. The highest BCUT2D eigenvalue weighted by Crippen LogP contribution is 2.14. The fraction of sp³-hybridized carbons (Fsp3) is 0.600. The van der Waals surface area contributed by atoms with Gasteiger partial charge in [0.05, 0.1) is 0 Å². The summed E-state index contributed by atoms with van der Waals surface area (Å²) >= 11 is 5.89.